The first-order chi connectivity index (χ1) is 10.2. The Bertz CT molecular complexity index is 763. The number of imidazole rings is 1. The van der Waals surface area contributed by atoms with Gasteiger partial charge in [0, 0.05) is 11.9 Å². The number of rotatable bonds is 4. The van der Waals surface area contributed by atoms with Gasteiger partial charge in [-0.15, -0.1) is 11.6 Å². The van der Waals surface area contributed by atoms with E-state index < -0.39 is 0 Å². The lowest BCUT2D eigenvalue weighted by atomic mass is 10.1. The van der Waals surface area contributed by atoms with Crippen molar-refractivity contribution in [2.24, 2.45) is 0 Å². The average Bonchev–Trinajstić information content (AvgIpc) is 2.86. The molecule has 0 aliphatic rings. The number of benzene rings is 1. The molecule has 0 saturated heterocycles. The first kappa shape index (κ1) is 14.4. The van der Waals surface area contributed by atoms with Gasteiger partial charge in [-0.25, -0.2) is 9.97 Å². The van der Waals surface area contributed by atoms with Crippen LogP contribution in [0.4, 0.5) is 0 Å². The van der Waals surface area contributed by atoms with E-state index in [2.05, 4.69) is 41.2 Å². The third-order valence-corrected chi connectivity index (χ3v) is 3.83. The molecule has 5 heteroatoms. The van der Waals surface area contributed by atoms with Crippen molar-refractivity contribution >= 4 is 34.4 Å². The largest absolute Gasteiger partial charge is 0.280 e. The van der Waals surface area contributed by atoms with Gasteiger partial charge in [-0.3, -0.25) is 4.57 Å². The third kappa shape index (κ3) is 2.76. The Morgan fingerprint density at radius 1 is 1.19 bits per heavy atom. The minimum atomic E-state index is 0.324. The van der Waals surface area contributed by atoms with Crippen LogP contribution in [0.2, 0.25) is 5.02 Å². The highest BCUT2D eigenvalue weighted by Gasteiger charge is 2.13. The predicted octanol–water partition coefficient (Wildman–Crippen LogP) is 4.77. The summed E-state index contributed by atoms with van der Waals surface area (Å²) in [5.41, 5.74) is 3.88. The minimum Gasteiger partial charge on any atom is -0.280 e. The van der Waals surface area contributed by atoms with Crippen molar-refractivity contribution in [1.29, 1.82) is 0 Å². The molecule has 2 aromatic heterocycles. The monoisotopic (exact) mass is 319 g/mol. The molecule has 0 spiro atoms. The third-order valence-electron chi connectivity index (χ3n) is 3.39. The average molecular weight is 320 g/mol. The molecule has 3 rings (SSSR count). The molecule has 108 valence electrons. The van der Waals surface area contributed by atoms with Gasteiger partial charge in [0.2, 0.25) is 0 Å². The number of halogens is 2. The van der Waals surface area contributed by atoms with Crippen molar-refractivity contribution in [2.45, 2.75) is 25.6 Å². The van der Waals surface area contributed by atoms with Crippen LogP contribution in [-0.2, 0) is 12.3 Å². The van der Waals surface area contributed by atoms with E-state index in [0.717, 1.165) is 35.5 Å². The molecule has 0 aliphatic carbocycles. The standard InChI is InChI=1S/C16H15Cl2N3/c1-2-3-11-4-6-13(7-5-11)21-15(9-17)20-14-8-12(18)10-19-16(14)21/h4-8,10H,2-3,9H2,1H3. The van der Waals surface area contributed by atoms with Gasteiger partial charge in [0.05, 0.1) is 10.9 Å². The molecular formula is C16H15Cl2N3. The summed E-state index contributed by atoms with van der Waals surface area (Å²) in [6, 6.07) is 10.2. The molecule has 0 saturated carbocycles. The smallest absolute Gasteiger partial charge is 0.164 e. The van der Waals surface area contributed by atoms with E-state index >= 15 is 0 Å². The Balaban J connectivity index is 2.13. The van der Waals surface area contributed by atoms with Crippen molar-refractivity contribution in [1.82, 2.24) is 14.5 Å². The fourth-order valence-electron chi connectivity index (χ4n) is 2.45. The number of hydrogen-bond acceptors (Lipinski definition) is 2. The summed E-state index contributed by atoms with van der Waals surface area (Å²) in [7, 11) is 0. The predicted molar refractivity (Wildman–Crippen MR) is 87.4 cm³/mol. The number of aryl methyl sites for hydroxylation is 1. The van der Waals surface area contributed by atoms with Gasteiger partial charge >= 0.3 is 0 Å². The summed E-state index contributed by atoms with van der Waals surface area (Å²) in [5, 5.41) is 0.576. The highest BCUT2D eigenvalue weighted by Crippen LogP contribution is 2.23. The highest BCUT2D eigenvalue weighted by atomic mass is 35.5. The molecule has 0 aliphatic heterocycles. The molecule has 3 aromatic rings. The number of nitrogens with zero attached hydrogens (tertiary/aromatic N) is 3. The van der Waals surface area contributed by atoms with E-state index in [-0.39, 0.29) is 0 Å². The van der Waals surface area contributed by atoms with Gasteiger partial charge in [0.25, 0.3) is 0 Å². The first-order valence-electron chi connectivity index (χ1n) is 6.91. The maximum atomic E-state index is 6.03. The zero-order chi connectivity index (χ0) is 14.8. The fraction of sp³-hybridized carbons (Fsp3) is 0.250. The topological polar surface area (TPSA) is 30.7 Å². The molecule has 0 fully saturated rings. The Morgan fingerprint density at radius 3 is 2.62 bits per heavy atom. The molecule has 0 amide bonds. The van der Waals surface area contributed by atoms with Gasteiger partial charge < -0.3 is 0 Å². The van der Waals surface area contributed by atoms with Crippen LogP contribution in [0.5, 0.6) is 0 Å². The van der Waals surface area contributed by atoms with Crippen LogP contribution >= 0.6 is 23.2 Å². The molecule has 0 radical (unpaired) electrons. The number of pyridine rings is 1. The van der Waals surface area contributed by atoms with Crippen LogP contribution in [0.3, 0.4) is 0 Å². The summed E-state index contributed by atoms with van der Waals surface area (Å²) < 4.78 is 1.98. The SMILES string of the molecule is CCCc1ccc(-n2c(CCl)nc3cc(Cl)cnc32)cc1. The molecule has 3 nitrogen and oxygen atoms in total. The summed E-state index contributed by atoms with van der Waals surface area (Å²) in [6.07, 6.45) is 3.85. The lowest BCUT2D eigenvalue weighted by Gasteiger charge is -2.08. The molecule has 0 N–H and O–H groups in total. The number of aromatic nitrogens is 3. The summed E-state index contributed by atoms with van der Waals surface area (Å²) in [5.74, 6) is 1.09. The molecule has 0 bridgehead atoms. The Morgan fingerprint density at radius 2 is 1.95 bits per heavy atom. The van der Waals surface area contributed by atoms with E-state index in [1.165, 1.54) is 5.56 Å². The van der Waals surface area contributed by atoms with Crippen molar-refractivity contribution in [3.63, 3.8) is 0 Å². The van der Waals surface area contributed by atoms with Crippen LogP contribution in [0.15, 0.2) is 36.5 Å². The second-order valence-corrected chi connectivity index (χ2v) is 5.61. The van der Waals surface area contributed by atoms with Gasteiger partial charge in [0.15, 0.2) is 5.65 Å². The van der Waals surface area contributed by atoms with Crippen molar-refractivity contribution in [2.75, 3.05) is 0 Å². The van der Waals surface area contributed by atoms with Crippen LogP contribution in [-0.4, -0.2) is 14.5 Å². The molecule has 2 heterocycles. The first-order valence-corrected chi connectivity index (χ1v) is 7.82. The van der Waals surface area contributed by atoms with Crippen LogP contribution in [0.25, 0.3) is 16.9 Å². The van der Waals surface area contributed by atoms with E-state index in [0.29, 0.717) is 10.9 Å². The molecule has 21 heavy (non-hydrogen) atoms. The lowest BCUT2D eigenvalue weighted by Crippen LogP contribution is -2.00. The van der Waals surface area contributed by atoms with Gasteiger partial charge in [-0.2, -0.15) is 0 Å². The Kier molecular flexibility index (Phi) is 4.13. The number of fused-ring (bicyclic) bond motifs is 1. The van der Waals surface area contributed by atoms with E-state index in [4.69, 9.17) is 23.2 Å². The second-order valence-electron chi connectivity index (χ2n) is 4.91. The summed E-state index contributed by atoms with van der Waals surface area (Å²) >= 11 is 12.0. The van der Waals surface area contributed by atoms with Crippen molar-refractivity contribution in [3.05, 3.63) is 52.9 Å². The maximum absolute atomic E-state index is 6.03. The number of hydrogen-bond donors (Lipinski definition) is 0. The molecule has 0 unspecified atom stereocenters. The van der Waals surface area contributed by atoms with Crippen molar-refractivity contribution < 1.29 is 0 Å². The molecule has 0 atom stereocenters. The van der Waals surface area contributed by atoms with E-state index in [1.807, 2.05) is 10.6 Å². The lowest BCUT2D eigenvalue weighted by molar-refractivity contribution is 0.917. The quantitative estimate of drug-likeness (QED) is 0.649. The molecule has 1 aromatic carbocycles. The second kappa shape index (κ2) is 6.04. The Hall–Kier alpha value is -1.58. The summed E-state index contributed by atoms with van der Waals surface area (Å²) in [6.45, 7) is 2.18. The normalized spacial score (nSPS) is 11.2. The number of alkyl halides is 1. The van der Waals surface area contributed by atoms with E-state index in [1.54, 1.807) is 6.20 Å². The Labute approximate surface area is 133 Å². The fourth-order valence-corrected chi connectivity index (χ4v) is 2.78. The van der Waals surface area contributed by atoms with Gasteiger partial charge in [-0.1, -0.05) is 37.1 Å². The minimum absolute atomic E-state index is 0.324. The van der Waals surface area contributed by atoms with Gasteiger partial charge in [-0.05, 0) is 30.2 Å². The maximum Gasteiger partial charge on any atom is 0.164 e. The molecular weight excluding hydrogens is 305 g/mol. The summed E-state index contributed by atoms with van der Waals surface area (Å²) in [4.78, 5) is 8.91. The van der Waals surface area contributed by atoms with Crippen LogP contribution in [0.1, 0.15) is 24.7 Å². The zero-order valence-electron chi connectivity index (χ0n) is 11.7. The van der Waals surface area contributed by atoms with Crippen LogP contribution in [0, 0.1) is 0 Å². The van der Waals surface area contributed by atoms with Crippen LogP contribution < -0.4 is 0 Å². The van der Waals surface area contributed by atoms with Gasteiger partial charge in [0.1, 0.15) is 11.3 Å². The van der Waals surface area contributed by atoms with E-state index in [9.17, 15) is 0 Å². The highest BCUT2D eigenvalue weighted by molar-refractivity contribution is 6.31. The van der Waals surface area contributed by atoms with Crippen molar-refractivity contribution in [3.8, 4) is 5.69 Å². The zero-order valence-corrected chi connectivity index (χ0v) is 13.2.